The van der Waals surface area contributed by atoms with Crippen molar-refractivity contribution in [1.82, 2.24) is 19.4 Å². The van der Waals surface area contributed by atoms with Crippen molar-refractivity contribution in [3.63, 3.8) is 0 Å². The van der Waals surface area contributed by atoms with Gasteiger partial charge in [-0.3, -0.25) is 9.36 Å². The smallest absolute Gasteiger partial charge is 0.290 e. The van der Waals surface area contributed by atoms with E-state index >= 15 is 0 Å². The zero-order valence-corrected chi connectivity index (χ0v) is 14.1. The van der Waals surface area contributed by atoms with E-state index in [4.69, 9.17) is 23.2 Å². The number of aromatic nitrogens is 3. The van der Waals surface area contributed by atoms with E-state index in [0.29, 0.717) is 26.9 Å². The zero-order valence-electron chi connectivity index (χ0n) is 12.6. The van der Waals surface area contributed by atoms with Gasteiger partial charge in [-0.25, -0.2) is 18.7 Å². The molecule has 4 rings (SSSR count). The summed E-state index contributed by atoms with van der Waals surface area (Å²) in [5.74, 6) is -3.44. The molecule has 0 saturated carbocycles. The highest BCUT2D eigenvalue weighted by Gasteiger charge is 2.47. The maximum atomic E-state index is 13.1. The SMILES string of the molecule is O=C(c1nc2cccnc2n1-c1ccc(Cl)c(Cl)c1)N1CC(F)(F)C1. The Bertz CT molecular complexity index is 997. The second-order valence-corrected chi connectivity index (χ2v) is 6.55. The van der Waals surface area contributed by atoms with Crippen LogP contribution in [0, 0.1) is 0 Å². The molecule has 2 aromatic heterocycles. The molecule has 0 bridgehead atoms. The van der Waals surface area contributed by atoms with Crippen molar-refractivity contribution in [2.24, 2.45) is 0 Å². The second kappa shape index (κ2) is 5.64. The number of pyridine rings is 1. The number of hydrogen-bond acceptors (Lipinski definition) is 3. The lowest BCUT2D eigenvalue weighted by Crippen LogP contribution is -2.58. The van der Waals surface area contributed by atoms with Crippen molar-refractivity contribution in [3.8, 4) is 5.69 Å². The van der Waals surface area contributed by atoms with Gasteiger partial charge in [0.25, 0.3) is 11.8 Å². The fraction of sp³-hybridized carbons (Fsp3) is 0.188. The first-order chi connectivity index (χ1) is 11.9. The van der Waals surface area contributed by atoms with E-state index in [1.165, 1.54) is 4.57 Å². The number of alkyl halides is 2. The average molecular weight is 383 g/mol. The average Bonchev–Trinajstić information content (AvgIpc) is 2.94. The van der Waals surface area contributed by atoms with E-state index < -0.39 is 24.9 Å². The van der Waals surface area contributed by atoms with E-state index in [2.05, 4.69) is 9.97 Å². The number of carbonyl (C=O) groups is 1. The minimum absolute atomic E-state index is 0.00240. The molecule has 0 atom stereocenters. The van der Waals surface area contributed by atoms with Crippen LogP contribution in [0.2, 0.25) is 10.0 Å². The first-order valence-corrected chi connectivity index (χ1v) is 8.07. The summed E-state index contributed by atoms with van der Waals surface area (Å²) in [7, 11) is 0. The number of hydrogen-bond donors (Lipinski definition) is 0. The molecule has 1 aromatic carbocycles. The van der Waals surface area contributed by atoms with E-state index in [9.17, 15) is 13.6 Å². The summed E-state index contributed by atoms with van der Waals surface area (Å²) >= 11 is 12.0. The molecule has 1 fully saturated rings. The van der Waals surface area contributed by atoms with E-state index in [1.54, 1.807) is 36.5 Å². The van der Waals surface area contributed by atoms with Gasteiger partial charge in [0.1, 0.15) is 5.52 Å². The summed E-state index contributed by atoms with van der Waals surface area (Å²) in [5.41, 5.74) is 1.42. The number of benzene rings is 1. The Labute approximate surface area is 150 Å². The quantitative estimate of drug-likeness (QED) is 0.676. The fourth-order valence-electron chi connectivity index (χ4n) is 2.72. The van der Waals surface area contributed by atoms with Crippen LogP contribution >= 0.6 is 23.2 Å². The first-order valence-electron chi connectivity index (χ1n) is 7.32. The summed E-state index contributed by atoms with van der Waals surface area (Å²) in [4.78, 5) is 22.2. The van der Waals surface area contributed by atoms with Crippen LogP contribution in [0.25, 0.3) is 16.9 Å². The summed E-state index contributed by atoms with van der Waals surface area (Å²) in [5, 5.41) is 0.656. The molecule has 1 aliphatic heterocycles. The Morgan fingerprint density at radius 2 is 1.92 bits per heavy atom. The third-order valence-corrected chi connectivity index (χ3v) is 4.64. The monoisotopic (exact) mass is 382 g/mol. The van der Waals surface area contributed by atoms with E-state index in [-0.39, 0.29) is 5.82 Å². The molecule has 25 heavy (non-hydrogen) atoms. The van der Waals surface area contributed by atoms with Crippen LogP contribution in [0.3, 0.4) is 0 Å². The van der Waals surface area contributed by atoms with Gasteiger partial charge in [0.05, 0.1) is 28.8 Å². The van der Waals surface area contributed by atoms with Crippen LogP contribution in [0.4, 0.5) is 8.78 Å². The van der Waals surface area contributed by atoms with Gasteiger partial charge >= 0.3 is 0 Å². The summed E-state index contributed by atoms with van der Waals surface area (Å²) in [6.07, 6.45) is 1.56. The third kappa shape index (κ3) is 2.73. The molecule has 3 heterocycles. The van der Waals surface area contributed by atoms with Gasteiger partial charge in [-0.1, -0.05) is 23.2 Å². The van der Waals surface area contributed by atoms with Gasteiger partial charge in [-0.15, -0.1) is 0 Å². The Morgan fingerprint density at radius 3 is 2.60 bits per heavy atom. The van der Waals surface area contributed by atoms with Gasteiger partial charge in [0.2, 0.25) is 5.82 Å². The van der Waals surface area contributed by atoms with Gasteiger partial charge in [0.15, 0.2) is 5.65 Å². The van der Waals surface area contributed by atoms with Crippen molar-refractivity contribution in [3.05, 3.63) is 52.4 Å². The molecule has 1 amide bonds. The topological polar surface area (TPSA) is 51.0 Å². The number of likely N-dealkylation sites (tertiary alicyclic amines) is 1. The normalized spacial score (nSPS) is 16.1. The van der Waals surface area contributed by atoms with E-state index in [1.807, 2.05) is 0 Å². The van der Waals surface area contributed by atoms with Gasteiger partial charge in [0, 0.05) is 6.20 Å². The number of amides is 1. The Kier molecular flexibility index (Phi) is 3.66. The number of halogens is 4. The zero-order chi connectivity index (χ0) is 17.8. The Hall–Kier alpha value is -2.25. The molecular weight excluding hydrogens is 373 g/mol. The minimum atomic E-state index is -2.85. The molecule has 0 radical (unpaired) electrons. The molecule has 5 nitrogen and oxygen atoms in total. The van der Waals surface area contributed by atoms with Crippen molar-refractivity contribution < 1.29 is 13.6 Å². The summed E-state index contributed by atoms with van der Waals surface area (Å²) in [6, 6.07) is 8.19. The molecule has 1 saturated heterocycles. The standard InChI is InChI=1S/C16H10Cl2F2N4O/c17-10-4-3-9(6-11(10)18)24-13-12(2-1-5-21-13)22-14(24)15(25)23-7-16(19,20)8-23/h1-6H,7-8H2. The number of fused-ring (bicyclic) bond motifs is 1. The number of carbonyl (C=O) groups excluding carboxylic acids is 1. The first kappa shape index (κ1) is 16.2. The third-order valence-electron chi connectivity index (χ3n) is 3.90. The lowest BCUT2D eigenvalue weighted by Gasteiger charge is -2.38. The number of nitrogens with zero attached hydrogens (tertiary/aromatic N) is 4. The summed E-state index contributed by atoms with van der Waals surface area (Å²) in [6.45, 7) is -1.24. The van der Waals surface area contributed by atoms with Crippen molar-refractivity contribution in [1.29, 1.82) is 0 Å². The minimum Gasteiger partial charge on any atom is -0.324 e. The highest BCUT2D eigenvalue weighted by Crippen LogP contribution is 2.31. The van der Waals surface area contributed by atoms with Crippen LogP contribution in [-0.4, -0.2) is 44.4 Å². The fourth-order valence-corrected chi connectivity index (χ4v) is 3.01. The maximum absolute atomic E-state index is 13.1. The predicted molar refractivity (Wildman–Crippen MR) is 89.7 cm³/mol. The van der Waals surface area contributed by atoms with Crippen LogP contribution < -0.4 is 0 Å². The van der Waals surface area contributed by atoms with Gasteiger partial charge in [-0.2, -0.15) is 0 Å². The predicted octanol–water partition coefficient (Wildman–Crippen LogP) is 3.82. The van der Waals surface area contributed by atoms with E-state index in [0.717, 1.165) is 4.90 Å². The number of imidazole rings is 1. The lowest BCUT2D eigenvalue weighted by atomic mass is 10.1. The molecule has 0 N–H and O–H groups in total. The second-order valence-electron chi connectivity index (χ2n) is 5.73. The molecule has 0 aliphatic carbocycles. The Balaban J connectivity index is 1.86. The van der Waals surface area contributed by atoms with Crippen molar-refractivity contribution >= 4 is 40.3 Å². The van der Waals surface area contributed by atoms with Crippen LogP contribution in [0.1, 0.15) is 10.6 Å². The summed E-state index contributed by atoms with van der Waals surface area (Å²) < 4.78 is 27.7. The molecule has 0 spiro atoms. The Morgan fingerprint density at radius 1 is 1.16 bits per heavy atom. The van der Waals surface area contributed by atoms with Crippen molar-refractivity contribution in [2.45, 2.75) is 5.92 Å². The highest BCUT2D eigenvalue weighted by molar-refractivity contribution is 6.42. The highest BCUT2D eigenvalue weighted by atomic mass is 35.5. The molecule has 128 valence electrons. The maximum Gasteiger partial charge on any atom is 0.290 e. The lowest BCUT2D eigenvalue weighted by molar-refractivity contribution is -0.113. The largest absolute Gasteiger partial charge is 0.324 e. The molecule has 1 aliphatic rings. The number of rotatable bonds is 2. The van der Waals surface area contributed by atoms with Crippen LogP contribution in [0.5, 0.6) is 0 Å². The van der Waals surface area contributed by atoms with Gasteiger partial charge < -0.3 is 4.90 Å². The van der Waals surface area contributed by atoms with Crippen LogP contribution in [0.15, 0.2) is 36.5 Å². The van der Waals surface area contributed by atoms with Gasteiger partial charge in [-0.05, 0) is 30.3 Å². The molecular formula is C16H10Cl2F2N4O. The molecule has 0 unspecified atom stereocenters. The van der Waals surface area contributed by atoms with Crippen LogP contribution in [-0.2, 0) is 0 Å². The van der Waals surface area contributed by atoms with Crippen molar-refractivity contribution in [2.75, 3.05) is 13.1 Å². The molecule has 9 heteroatoms. The molecule has 3 aromatic rings.